The topological polar surface area (TPSA) is 75.4 Å². The predicted molar refractivity (Wildman–Crippen MR) is 87.3 cm³/mol. The average molecular weight is 320 g/mol. The number of carbonyl (C=O) groups is 2. The molecule has 2 amide bonds. The van der Waals surface area contributed by atoms with Crippen molar-refractivity contribution in [3.05, 3.63) is 0 Å². The smallest absolute Gasteiger partial charge is 0.225 e. The van der Waals surface area contributed by atoms with Gasteiger partial charge in [0.1, 0.15) is 0 Å². The zero-order chi connectivity index (χ0) is 15.3. The fourth-order valence-electron chi connectivity index (χ4n) is 2.96. The molecule has 2 unspecified atom stereocenters. The minimum absolute atomic E-state index is 0. The van der Waals surface area contributed by atoms with Crippen LogP contribution in [0.2, 0.25) is 0 Å². The fourth-order valence-corrected chi connectivity index (χ4v) is 2.96. The summed E-state index contributed by atoms with van der Waals surface area (Å²) in [4.78, 5) is 25.6. The summed E-state index contributed by atoms with van der Waals surface area (Å²) in [6.45, 7) is 9.53. The number of likely N-dealkylation sites (tertiary alicyclic amines) is 1. The van der Waals surface area contributed by atoms with Crippen LogP contribution in [0.1, 0.15) is 47.0 Å². The van der Waals surface area contributed by atoms with E-state index in [9.17, 15) is 9.59 Å². The lowest BCUT2D eigenvalue weighted by Gasteiger charge is -2.36. The first-order valence-corrected chi connectivity index (χ1v) is 7.55. The molecule has 1 aliphatic rings. The standard InChI is InChI=1S/C15H29N3O2.ClH/c1-11(2)8-15(4,10-16)17-14(20)13-6-5-7-18(9-13)12(3)19;/h11,13H,5-10,16H2,1-4H3,(H,17,20);1H. The Bertz CT molecular complexity index is 363. The summed E-state index contributed by atoms with van der Waals surface area (Å²) in [5, 5.41) is 3.10. The molecular formula is C15H30ClN3O2. The van der Waals surface area contributed by atoms with E-state index in [1.54, 1.807) is 11.8 Å². The minimum Gasteiger partial charge on any atom is -0.349 e. The summed E-state index contributed by atoms with van der Waals surface area (Å²) in [5.74, 6) is 0.449. The van der Waals surface area contributed by atoms with Gasteiger partial charge in [0.15, 0.2) is 0 Å². The van der Waals surface area contributed by atoms with Crippen LogP contribution in [0.25, 0.3) is 0 Å². The highest BCUT2D eigenvalue weighted by atomic mass is 35.5. The maximum Gasteiger partial charge on any atom is 0.225 e. The summed E-state index contributed by atoms with van der Waals surface area (Å²) in [6.07, 6.45) is 2.59. The summed E-state index contributed by atoms with van der Waals surface area (Å²) >= 11 is 0. The number of nitrogens with two attached hydrogens (primary N) is 1. The Kier molecular flexibility index (Phi) is 8.26. The van der Waals surface area contributed by atoms with Gasteiger partial charge in [-0.25, -0.2) is 0 Å². The number of rotatable bonds is 5. The molecule has 1 rings (SSSR count). The Balaban J connectivity index is 0.00000400. The zero-order valence-corrected chi connectivity index (χ0v) is 14.5. The van der Waals surface area contributed by atoms with Crippen LogP contribution >= 0.6 is 12.4 Å². The Morgan fingerprint density at radius 3 is 2.52 bits per heavy atom. The van der Waals surface area contributed by atoms with Crippen molar-refractivity contribution in [1.29, 1.82) is 0 Å². The lowest BCUT2D eigenvalue weighted by atomic mass is 9.89. The molecule has 2 atom stereocenters. The third-order valence-electron chi connectivity index (χ3n) is 3.97. The number of piperidine rings is 1. The average Bonchev–Trinajstić information content (AvgIpc) is 2.37. The summed E-state index contributed by atoms with van der Waals surface area (Å²) < 4.78 is 0. The lowest BCUT2D eigenvalue weighted by molar-refractivity contribution is -0.134. The molecule has 0 aromatic rings. The highest BCUT2D eigenvalue weighted by Gasteiger charge is 2.32. The van der Waals surface area contributed by atoms with Gasteiger partial charge in [0.05, 0.1) is 5.92 Å². The van der Waals surface area contributed by atoms with Gasteiger partial charge < -0.3 is 16.0 Å². The number of hydrogen-bond acceptors (Lipinski definition) is 3. The highest BCUT2D eigenvalue weighted by Crippen LogP contribution is 2.20. The molecule has 6 heteroatoms. The van der Waals surface area contributed by atoms with Crippen molar-refractivity contribution >= 4 is 24.2 Å². The van der Waals surface area contributed by atoms with Crippen LogP contribution in [-0.4, -0.2) is 41.9 Å². The highest BCUT2D eigenvalue weighted by molar-refractivity contribution is 5.85. The maximum absolute atomic E-state index is 12.4. The van der Waals surface area contributed by atoms with Gasteiger partial charge in [-0.05, 0) is 32.1 Å². The molecule has 21 heavy (non-hydrogen) atoms. The van der Waals surface area contributed by atoms with Crippen molar-refractivity contribution in [2.45, 2.75) is 52.5 Å². The van der Waals surface area contributed by atoms with Crippen LogP contribution in [-0.2, 0) is 9.59 Å². The van der Waals surface area contributed by atoms with Crippen molar-refractivity contribution in [3.8, 4) is 0 Å². The molecule has 5 nitrogen and oxygen atoms in total. The molecule has 0 aromatic heterocycles. The Labute approximate surface area is 134 Å². The first kappa shape index (κ1) is 20.2. The molecule has 0 bridgehead atoms. The second kappa shape index (κ2) is 8.59. The fraction of sp³-hybridized carbons (Fsp3) is 0.867. The lowest BCUT2D eigenvalue weighted by Crippen LogP contribution is -2.55. The first-order chi connectivity index (χ1) is 9.27. The van der Waals surface area contributed by atoms with E-state index in [4.69, 9.17) is 5.73 Å². The molecular weight excluding hydrogens is 290 g/mol. The Morgan fingerprint density at radius 2 is 2.05 bits per heavy atom. The van der Waals surface area contributed by atoms with Crippen molar-refractivity contribution in [2.75, 3.05) is 19.6 Å². The van der Waals surface area contributed by atoms with Crippen LogP contribution in [0.4, 0.5) is 0 Å². The molecule has 1 saturated heterocycles. The largest absolute Gasteiger partial charge is 0.349 e. The second-order valence-corrected chi connectivity index (χ2v) is 6.66. The van der Waals surface area contributed by atoms with Gasteiger partial charge in [-0.1, -0.05) is 13.8 Å². The van der Waals surface area contributed by atoms with Gasteiger partial charge in [0, 0.05) is 32.1 Å². The molecule has 0 aromatic carbocycles. The Hall–Kier alpha value is -0.810. The SMILES string of the molecule is CC(=O)N1CCCC(C(=O)NC(C)(CN)CC(C)C)C1.Cl. The van der Waals surface area contributed by atoms with Crippen LogP contribution in [0.5, 0.6) is 0 Å². The molecule has 0 aliphatic carbocycles. The number of hydrogen-bond donors (Lipinski definition) is 2. The van der Waals surface area contributed by atoms with Crippen molar-refractivity contribution in [3.63, 3.8) is 0 Å². The molecule has 1 fully saturated rings. The van der Waals surface area contributed by atoms with Crippen LogP contribution in [0.15, 0.2) is 0 Å². The minimum atomic E-state index is -0.357. The molecule has 0 radical (unpaired) electrons. The quantitative estimate of drug-likeness (QED) is 0.807. The summed E-state index contributed by atoms with van der Waals surface area (Å²) in [7, 11) is 0. The summed E-state index contributed by atoms with van der Waals surface area (Å²) in [5.41, 5.74) is 5.47. The van der Waals surface area contributed by atoms with E-state index < -0.39 is 0 Å². The van der Waals surface area contributed by atoms with E-state index in [0.717, 1.165) is 25.8 Å². The van der Waals surface area contributed by atoms with Crippen molar-refractivity contribution in [1.82, 2.24) is 10.2 Å². The van der Waals surface area contributed by atoms with E-state index in [0.29, 0.717) is 19.0 Å². The number of nitrogens with one attached hydrogen (secondary N) is 1. The normalized spacial score (nSPS) is 21.4. The predicted octanol–water partition coefficient (Wildman–Crippen LogP) is 1.55. The van der Waals surface area contributed by atoms with Crippen LogP contribution < -0.4 is 11.1 Å². The molecule has 1 heterocycles. The zero-order valence-electron chi connectivity index (χ0n) is 13.6. The van der Waals surface area contributed by atoms with Crippen molar-refractivity contribution in [2.24, 2.45) is 17.6 Å². The van der Waals surface area contributed by atoms with Crippen molar-refractivity contribution < 1.29 is 9.59 Å². The molecule has 3 N–H and O–H groups in total. The van der Waals surface area contributed by atoms with Gasteiger partial charge >= 0.3 is 0 Å². The van der Waals surface area contributed by atoms with E-state index >= 15 is 0 Å². The number of carbonyl (C=O) groups excluding carboxylic acids is 2. The molecule has 1 aliphatic heterocycles. The monoisotopic (exact) mass is 319 g/mol. The van der Waals surface area contributed by atoms with E-state index in [-0.39, 0.29) is 35.7 Å². The molecule has 0 spiro atoms. The third kappa shape index (κ3) is 6.22. The van der Waals surface area contributed by atoms with E-state index in [1.165, 1.54) is 0 Å². The van der Waals surface area contributed by atoms with Gasteiger partial charge in [0.25, 0.3) is 0 Å². The maximum atomic E-state index is 12.4. The third-order valence-corrected chi connectivity index (χ3v) is 3.97. The van der Waals surface area contributed by atoms with E-state index in [2.05, 4.69) is 19.2 Å². The van der Waals surface area contributed by atoms with Gasteiger partial charge in [-0.15, -0.1) is 12.4 Å². The molecule has 124 valence electrons. The van der Waals surface area contributed by atoms with Gasteiger partial charge in [-0.2, -0.15) is 0 Å². The first-order valence-electron chi connectivity index (χ1n) is 7.55. The molecule has 0 saturated carbocycles. The van der Waals surface area contributed by atoms with Crippen LogP contribution in [0.3, 0.4) is 0 Å². The second-order valence-electron chi connectivity index (χ2n) is 6.66. The summed E-state index contributed by atoms with van der Waals surface area (Å²) in [6, 6.07) is 0. The van der Waals surface area contributed by atoms with E-state index in [1.807, 2.05) is 6.92 Å². The Morgan fingerprint density at radius 1 is 1.43 bits per heavy atom. The van der Waals surface area contributed by atoms with Gasteiger partial charge in [0.2, 0.25) is 11.8 Å². The number of nitrogens with zero attached hydrogens (tertiary/aromatic N) is 1. The van der Waals surface area contributed by atoms with Crippen LogP contribution in [0, 0.1) is 11.8 Å². The number of amides is 2. The number of halogens is 1. The van der Waals surface area contributed by atoms with Gasteiger partial charge in [-0.3, -0.25) is 9.59 Å².